The van der Waals surface area contributed by atoms with Gasteiger partial charge in [0, 0.05) is 37.0 Å². The number of hydrogen-bond donors (Lipinski definition) is 2. The SMILES string of the molecule is CCNC(=O)[C@H](Cc1ccccc1)N(Cc1ccc(Cl)cc1)C(=O)CCc1ccc(S(=O)(=O)NC2CC2)cc1. The number of aryl methyl sites for hydroxylation is 1. The maximum atomic E-state index is 13.7. The Labute approximate surface area is 235 Å². The molecule has 0 radical (unpaired) electrons. The predicted octanol–water partition coefficient (Wildman–Crippen LogP) is 4.49. The van der Waals surface area contributed by atoms with Crippen molar-refractivity contribution in [2.24, 2.45) is 0 Å². The van der Waals surface area contributed by atoms with Crippen LogP contribution in [0.2, 0.25) is 5.02 Å². The van der Waals surface area contributed by atoms with Gasteiger partial charge >= 0.3 is 0 Å². The molecule has 1 aliphatic carbocycles. The zero-order valence-electron chi connectivity index (χ0n) is 22.0. The summed E-state index contributed by atoms with van der Waals surface area (Å²) in [6.45, 7) is 2.57. The van der Waals surface area contributed by atoms with Gasteiger partial charge in [0.2, 0.25) is 21.8 Å². The highest BCUT2D eigenvalue weighted by Gasteiger charge is 2.30. The van der Waals surface area contributed by atoms with Crippen molar-refractivity contribution in [2.75, 3.05) is 6.54 Å². The summed E-state index contributed by atoms with van der Waals surface area (Å²) in [6, 6.07) is 22.9. The van der Waals surface area contributed by atoms with Crippen LogP contribution >= 0.6 is 11.6 Å². The molecule has 39 heavy (non-hydrogen) atoms. The summed E-state index contributed by atoms with van der Waals surface area (Å²) >= 11 is 6.07. The van der Waals surface area contributed by atoms with Gasteiger partial charge in [-0.2, -0.15) is 0 Å². The zero-order valence-corrected chi connectivity index (χ0v) is 23.5. The summed E-state index contributed by atoms with van der Waals surface area (Å²) in [5.74, 6) is -0.370. The van der Waals surface area contributed by atoms with E-state index in [0.29, 0.717) is 24.4 Å². The van der Waals surface area contributed by atoms with E-state index in [2.05, 4.69) is 10.0 Å². The molecular formula is C30H34ClN3O4S. The molecule has 1 atom stereocenters. The molecule has 3 aromatic rings. The Balaban J connectivity index is 1.52. The number of hydrogen-bond acceptors (Lipinski definition) is 4. The number of likely N-dealkylation sites (N-methyl/N-ethyl adjacent to an activating group) is 1. The lowest BCUT2D eigenvalue weighted by atomic mass is 10.0. The third kappa shape index (κ3) is 8.39. The Hall–Kier alpha value is -3.20. The first-order chi connectivity index (χ1) is 18.7. The first-order valence-corrected chi connectivity index (χ1v) is 15.1. The van der Waals surface area contributed by atoms with Crippen molar-refractivity contribution < 1.29 is 18.0 Å². The van der Waals surface area contributed by atoms with E-state index < -0.39 is 16.1 Å². The van der Waals surface area contributed by atoms with Crippen molar-refractivity contribution in [3.05, 3.63) is 101 Å². The average Bonchev–Trinajstić information content (AvgIpc) is 3.74. The highest BCUT2D eigenvalue weighted by atomic mass is 35.5. The summed E-state index contributed by atoms with van der Waals surface area (Å²) in [5, 5.41) is 3.49. The molecule has 1 aliphatic rings. The van der Waals surface area contributed by atoms with Crippen LogP contribution in [0.5, 0.6) is 0 Å². The summed E-state index contributed by atoms with van der Waals surface area (Å²) in [5.41, 5.74) is 2.67. The van der Waals surface area contributed by atoms with Crippen LogP contribution in [-0.2, 0) is 39.0 Å². The largest absolute Gasteiger partial charge is 0.355 e. The van der Waals surface area contributed by atoms with Gasteiger partial charge in [0.25, 0.3) is 0 Å². The molecule has 4 rings (SSSR count). The minimum Gasteiger partial charge on any atom is -0.355 e. The Morgan fingerprint density at radius 2 is 1.56 bits per heavy atom. The Morgan fingerprint density at radius 1 is 0.923 bits per heavy atom. The van der Waals surface area contributed by atoms with Gasteiger partial charge in [-0.1, -0.05) is 66.2 Å². The highest BCUT2D eigenvalue weighted by molar-refractivity contribution is 7.89. The molecule has 3 aromatic carbocycles. The summed E-state index contributed by atoms with van der Waals surface area (Å²) < 4.78 is 27.6. The van der Waals surface area contributed by atoms with Crippen molar-refractivity contribution in [3.8, 4) is 0 Å². The first kappa shape index (κ1) is 28.8. The van der Waals surface area contributed by atoms with E-state index in [9.17, 15) is 18.0 Å². The number of sulfonamides is 1. The van der Waals surface area contributed by atoms with Gasteiger partial charge in [0.05, 0.1) is 4.90 Å². The van der Waals surface area contributed by atoms with Gasteiger partial charge in [-0.05, 0) is 67.1 Å². The molecule has 0 spiro atoms. The third-order valence-corrected chi connectivity index (χ3v) is 8.44. The van der Waals surface area contributed by atoms with Crippen LogP contribution in [0.25, 0.3) is 0 Å². The molecule has 1 fully saturated rings. The molecule has 0 saturated heterocycles. The van der Waals surface area contributed by atoms with E-state index in [-0.39, 0.29) is 35.7 Å². The fourth-order valence-electron chi connectivity index (χ4n) is 4.35. The van der Waals surface area contributed by atoms with Crippen LogP contribution in [0, 0.1) is 0 Å². The van der Waals surface area contributed by atoms with Gasteiger partial charge in [-0.15, -0.1) is 0 Å². The van der Waals surface area contributed by atoms with E-state index in [0.717, 1.165) is 29.5 Å². The number of amides is 2. The van der Waals surface area contributed by atoms with E-state index >= 15 is 0 Å². The Morgan fingerprint density at radius 3 is 2.18 bits per heavy atom. The standard InChI is InChI=1S/C30H34ClN3O4S/c1-2-32-30(36)28(20-23-6-4-3-5-7-23)34(21-24-8-13-25(31)14-9-24)29(35)19-12-22-10-17-27(18-11-22)39(37,38)33-26-15-16-26/h3-11,13-14,17-18,26,28,33H,2,12,15-16,19-21H2,1H3,(H,32,36)/t28-/m0/s1. The van der Waals surface area contributed by atoms with Crippen molar-refractivity contribution in [1.29, 1.82) is 0 Å². The lowest BCUT2D eigenvalue weighted by Crippen LogP contribution is -2.50. The van der Waals surface area contributed by atoms with Crippen LogP contribution in [0.1, 0.15) is 42.9 Å². The van der Waals surface area contributed by atoms with E-state index in [1.165, 1.54) is 0 Å². The van der Waals surface area contributed by atoms with Gasteiger partial charge in [-0.25, -0.2) is 13.1 Å². The number of nitrogens with one attached hydrogen (secondary N) is 2. The molecule has 7 nitrogen and oxygen atoms in total. The maximum Gasteiger partial charge on any atom is 0.243 e. The van der Waals surface area contributed by atoms with E-state index in [1.807, 2.05) is 49.4 Å². The van der Waals surface area contributed by atoms with Gasteiger partial charge in [0.1, 0.15) is 6.04 Å². The Bertz CT molecular complexity index is 1360. The number of carbonyl (C=O) groups is 2. The average molecular weight is 568 g/mol. The van der Waals surface area contributed by atoms with Crippen LogP contribution in [-0.4, -0.2) is 43.8 Å². The smallest absolute Gasteiger partial charge is 0.243 e. The summed E-state index contributed by atoms with van der Waals surface area (Å²) in [4.78, 5) is 28.8. The first-order valence-electron chi connectivity index (χ1n) is 13.2. The maximum absolute atomic E-state index is 13.7. The molecule has 0 unspecified atom stereocenters. The quantitative estimate of drug-likeness (QED) is 0.318. The van der Waals surface area contributed by atoms with Crippen LogP contribution in [0.15, 0.2) is 83.8 Å². The number of benzene rings is 3. The zero-order chi connectivity index (χ0) is 27.8. The van der Waals surface area contributed by atoms with Crippen molar-refractivity contribution in [1.82, 2.24) is 14.9 Å². The predicted molar refractivity (Wildman–Crippen MR) is 153 cm³/mol. The number of nitrogens with zero attached hydrogens (tertiary/aromatic N) is 1. The minimum atomic E-state index is -3.53. The molecular weight excluding hydrogens is 534 g/mol. The third-order valence-electron chi connectivity index (χ3n) is 6.65. The van der Waals surface area contributed by atoms with E-state index in [4.69, 9.17) is 11.6 Å². The highest BCUT2D eigenvalue weighted by Crippen LogP contribution is 2.23. The van der Waals surface area contributed by atoms with Gasteiger partial charge in [0.15, 0.2) is 0 Å². The number of halogens is 1. The van der Waals surface area contributed by atoms with Crippen LogP contribution in [0.4, 0.5) is 0 Å². The second-order valence-corrected chi connectivity index (χ2v) is 11.9. The van der Waals surface area contributed by atoms with E-state index in [1.54, 1.807) is 41.3 Å². The van der Waals surface area contributed by atoms with Crippen LogP contribution < -0.4 is 10.0 Å². The normalized spacial score (nSPS) is 14.0. The molecule has 2 amide bonds. The molecule has 0 bridgehead atoms. The minimum absolute atomic E-state index is 0.0349. The Kier molecular flexibility index (Phi) is 9.78. The lowest BCUT2D eigenvalue weighted by molar-refractivity contribution is -0.141. The second-order valence-electron chi connectivity index (χ2n) is 9.79. The fraction of sp³-hybridized carbons (Fsp3) is 0.333. The molecule has 1 saturated carbocycles. The lowest BCUT2D eigenvalue weighted by Gasteiger charge is -2.31. The molecule has 0 aliphatic heterocycles. The fourth-order valence-corrected chi connectivity index (χ4v) is 5.78. The molecule has 0 heterocycles. The molecule has 2 N–H and O–H groups in total. The summed E-state index contributed by atoms with van der Waals surface area (Å²) in [7, 11) is -3.53. The second kappa shape index (κ2) is 13.2. The summed E-state index contributed by atoms with van der Waals surface area (Å²) in [6.07, 6.45) is 2.71. The molecule has 0 aromatic heterocycles. The number of rotatable bonds is 13. The monoisotopic (exact) mass is 567 g/mol. The molecule has 9 heteroatoms. The van der Waals surface area contributed by atoms with Crippen molar-refractivity contribution in [3.63, 3.8) is 0 Å². The number of carbonyl (C=O) groups excluding carboxylic acids is 2. The van der Waals surface area contributed by atoms with Crippen molar-refractivity contribution in [2.45, 2.75) is 62.6 Å². The topological polar surface area (TPSA) is 95.6 Å². The van der Waals surface area contributed by atoms with Gasteiger partial charge < -0.3 is 10.2 Å². The van der Waals surface area contributed by atoms with Crippen LogP contribution in [0.3, 0.4) is 0 Å². The van der Waals surface area contributed by atoms with Gasteiger partial charge in [-0.3, -0.25) is 9.59 Å². The van der Waals surface area contributed by atoms with Crippen molar-refractivity contribution >= 4 is 33.4 Å². The molecule has 206 valence electrons.